The molecular weight excluding hydrogens is 484 g/mol. The number of carboxylic acids is 1. The number of benzene rings is 3. The first kappa shape index (κ1) is 24.1. The molecule has 0 fully saturated rings. The van der Waals surface area contributed by atoms with Crippen LogP contribution < -0.4 is 10.1 Å². The van der Waals surface area contributed by atoms with Crippen LogP contribution in [0.4, 0.5) is 26.3 Å². The highest BCUT2D eigenvalue weighted by Gasteiger charge is 2.54. The molecule has 0 bridgehead atoms. The van der Waals surface area contributed by atoms with Gasteiger partial charge in [-0.25, -0.2) is 18.3 Å². The molecule has 1 atom stereocenters. The van der Waals surface area contributed by atoms with E-state index in [9.17, 15) is 41.0 Å². The zero-order valence-electron chi connectivity index (χ0n) is 17.2. The van der Waals surface area contributed by atoms with Crippen LogP contribution in [0.3, 0.4) is 0 Å². The van der Waals surface area contributed by atoms with Crippen LogP contribution in [0.5, 0.6) is 5.75 Å². The van der Waals surface area contributed by atoms with Crippen molar-refractivity contribution in [3.8, 4) is 16.9 Å². The van der Waals surface area contributed by atoms with Crippen LogP contribution in [0, 0.1) is 11.6 Å². The molecule has 0 aromatic heterocycles. The number of carboxylic acid groups (broad SMARTS) is 1. The summed E-state index contributed by atoms with van der Waals surface area (Å²) in [4.78, 5) is 24.0. The van der Waals surface area contributed by atoms with Crippen molar-refractivity contribution >= 4 is 11.9 Å². The number of carbonyl (C=O) groups is 2. The number of hydrogen-bond acceptors (Lipinski definition) is 4. The predicted octanol–water partition coefficient (Wildman–Crippen LogP) is 5.20. The van der Waals surface area contributed by atoms with Gasteiger partial charge in [-0.3, -0.25) is 4.79 Å². The van der Waals surface area contributed by atoms with Crippen molar-refractivity contribution in [1.29, 1.82) is 0 Å². The van der Waals surface area contributed by atoms with E-state index >= 15 is 0 Å². The lowest BCUT2D eigenvalue weighted by atomic mass is 9.98. The Kier molecular flexibility index (Phi) is 5.93. The Labute approximate surface area is 192 Å². The van der Waals surface area contributed by atoms with Gasteiger partial charge in [0, 0.05) is 0 Å². The highest BCUT2D eigenvalue weighted by atomic mass is 19.3. The van der Waals surface area contributed by atoms with Crippen LogP contribution in [0.2, 0.25) is 0 Å². The van der Waals surface area contributed by atoms with Gasteiger partial charge in [-0.2, -0.15) is 8.78 Å². The molecule has 0 spiro atoms. The first-order valence-corrected chi connectivity index (χ1v) is 9.75. The van der Waals surface area contributed by atoms with Crippen LogP contribution in [0.15, 0.2) is 60.7 Å². The zero-order valence-corrected chi connectivity index (χ0v) is 17.2. The molecule has 3 aromatic rings. The summed E-state index contributed by atoms with van der Waals surface area (Å²) in [6.45, 7) is 0. The fourth-order valence-corrected chi connectivity index (χ4v) is 3.45. The number of hydrogen-bond donors (Lipinski definition) is 2. The highest BCUT2D eigenvalue weighted by molar-refractivity contribution is 5.97. The lowest BCUT2D eigenvalue weighted by Gasteiger charge is -2.30. The Hall–Kier alpha value is -4.06. The minimum atomic E-state index is -4.51. The second kappa shape index (κ2) is 8.62. The van der Waals surface area contributed by atoms with E-state index in [0.29, 0.717) is 0 Å². The number of carbonyl (C=O) groups excluding carboxylic acids is 1. The zero-order chi connectivity index (χ0) is 25.5. The molecule has 1 aliphatic heterocycles. The summed E-state index contributed by atoms with van der Waals surface area (Å²) in [6, 6.07) is 9.13. The van der Waals surface area contributed by atoms with E-state index in [1.54, 1.807) is 0 Å². The molecule has 4 rings (SSSR count). The van der Waals surface area contributed by atoms with Crippen molar-refractivity contribution in [2.75, 3.05) is 0 Å². The molecule has 0 saturated heterocycles. The third-order valence-electron chi connectivity index (χ3n) is 5.06. The van der Waals surface area contributed by atoms with Crippen LogP contribution in [-0.4, -0.2) is 23.3 Å². The number of fused-ring (bicyclic) bond motifs is 1. The van der Waals surface area contributed by atoms with Crippen molar-refractivity contribution in [2.45, 2.75) is 18.4 Å². The monoisotopic (exact) mass is 497 g/mol. The summed E-state index contributed by atoms with van der Waals surface area (Å²) in [6.07, 6.45) is -8.85. The number of halogens is 6. The fourth-order valence-electron chi connectivity index (χ4n) is 3.45. The quantitative estimate of drug-likeness (QED) is 0.474. The summed E-state index contributed by atoms with van der Waals surface area (Å²) in [5.41, 5.74) is -1.48. The average molecular weight is 497 g/mol. The minimum absolute atomic E-state index is 0.000876. The van der Waals surface area contributed by atoms with Crippen molar-refractivity contribution in [1.82, 2.24) is 5.32 Å². The number of nitrogens with one attached hydrogen (secondary N) is 1. The maximum atomic E-state index is 14.0. The second-order valence-electron chi connectivity index (χ2n) is 7.36. The third-order valence-corrected chi connectivity index (χ3v) is 5.06. The number of amides is 1. The van der Waals surface area contributed by atoms with Crippen molar-refractivity contribution < 1.29 is 50.5 Å². The number of aliphatic carboxylic acids is 1. The smallest absolute Gasteiger partial charge is 0.479 e. The van der Waals surface area contributed by atoms with Crippen molar-refractivity contribution in [3.63, 3.8) is 0 Å². The Bertz CT molecular complexity index is 1290. The molecule has 6 nitrogen and oxygen atoms in total. The molecule has 182 valence electrons. The largest absolute Gasteiger partial charge is 0.540 e. The van der Waals surface area contributed by atoms with E-state index in [4.69, 9.17) is 0 Å². The maximum absolute atomic E-state index is 14.0. The first-order chi connectivity index (χ1) is 16.4. The molecule has 0 aliphatic carbocycles. The van der Waals surface area contributed by atoms with Gasteiger partial charge in [0.25, 0.3) is 5.91 Å². The van der Waals surface area contributed by atoms with Gasteiger partial charge < -0.3 is 15.2 Å². The Morgan fingerprint density at radius 2 is 1.49 bits per heavy atom. The number of ether oxygens (including phenoxy) is 2. The molecule has 1 unspecified atom stereocenters. The van der Waals surface area contributed by atoms with E-state index < -0.39 is 58.8 Å². The SMILES string of the molecule is O=C(NC(C(=O)O)c1ccc(-c2ccc3c(c2)C(F)(F)OC(F)(F)O3)cc1)c1c(F)cccc1F. The van der Waals surface area contributed by atoms with E-state index in [1.165, 1.54) is 30.3 Å². The second-order valence-corrected chi connectivity index (χ2v) is 7.36. The highest BCUT2D eigenvalue weighted by Crippen LogP contribution is 2.47. The summed E-state index contributed by atoms with van der Waals surface area (Å²) < 4.78 is 89.6. The first-order valence-electron chi connectivity index (χ1n) is 9.75. The van der Waals surface area contributed by atoms with Gasteiger partial charge in [0.1, 0.15) is 22.9 Å². The van der Waals surface area contributed by atoms with Crippen LogP contribution in [-0.2, 0) is 15.6 Å². The molecule has 2 N–H and O–H groups in total. The fraction of sp³-hybridized carbons (Fsp3) is 0.130. The Morgan fingerprint density at radius 3 is 2.09 bits per heavy atom. The molecule has 0 radical (unpaired) electrons. The number of rotatable bonds is 5. The minimum Gasteiger partial charge on any atom is -0.479 e. The van der Waals surface area contributed by atoms with E-state index in [2.05, 4.69) is 9.47 Å². The lowest BCUT2D eigenvalue weighted by molar-refractivity contribution is -0.461. The predicted molar refractivity (Wildman–Crippen MR) is 107 cm³/mol. The van der Waals surface area contributed by atoms with Crippen molar-refractivity contribution in [3.05, 3.63) is 89.0 Å². The lowest BCUT2D eigenvalue weighted by Crippen LogP contribution is -2.41. The molecule has 0 saturated carbocycles. The van der Waals surface area contributed by atoms with Gasteiger partial charge in [0.05, 0.1) is 5.56 Å². The topological polar surface area (TPSA) is 84.9 Å². The van der Waals surface area contributed by atoms with Gasteiger partial charge in [0.2, 0.25) is 0 Å². The summed E-state index contributed by atoms with van der Waals surface area (Å²) >= 11 is 0. The third kappa shape index (κ3) is 4.78. The molecule has 3 aromatic carbocycles. The van der Waals surface area contributed by atoms with Crippen LogP contribution >= 0.6 is 0 Å². The average Bonchev–Trinajstić information content (AvgIpc) is 2.76. The molecule has 1 amide bonds. The van der Waals surface area contributed by atoms with Gasteiger partial charge >= 0.3 is 18.4 Å². The molecule has 1 aliphatic rings. The normalized spacial score (nSPS) is 16.5. The van der Waals surface area contributed by atoms with E-state index in [-0.39, 0.29) is 16.7 Å². The van der Waals surface area contributed by atoms with Crippen LogP contribution in [0.1, 0.15) is 27.5 Å². The van der Waals surface area contributed by atoms with Gasteiger partial charge in [-0.1, -0.05) is 36.4 Å². The molecular formula is C23H13F6NO5. The van der Waals surface area contributed by atoms with E-state index in [1.807, 2.05) is 5.32 Å². The van der Waals surface area contributed by atoms with Gasteiger partial charge in [0.15, 0.2) is 6.04 Å². The van der Waals surface area contributed by atoms with Gasteiger partial charge in [-0.05, 0) is 41.0 Å². The Morgan fingerprint density at radius 1 is 0.886 bits per heavy atom. The van der Waals surface area contributed by atoms with Crippen molar-refractivity contribution in [2.24, 2.45) is 0 Å². The standard InChI is InChI=1S/C23H13F6NO5/c24-15-2-1-3-16(25)18(15)20(31)30-19(21(32)33)12-6-4-11(5-7-12)13-8-9-17-14(10-13)22(26,27)35-23(28,29)34-17/h1-10,19H,(H,30,31)(H,32,33). The molecule has 12 heteroatoms. The van der Waals surface area contributed by atoms with Gasteiger partial charge in [-0.15, -0.1) is 8.78 Å². The number of alkyl halides is 4. The maximum Gasteiger partial charge on any atom is 0.540 e. The van der Waals surface area contributed by atoms with E-state index in [0.717, 1.165) is 30.3 Å². The molecule has 35 heavy (non-hydrogen) atoms. The Balaban J connectivity index is 1.60. The summed E-state index contributed by atoms with van der Waals surface area (Å²) in [5, 5.41) is 11.5. The summed E-state index contributed by atoms with van der Waals surface area (Å²) in [5.74, 6) is -5.98. The summed E-state index contributed by atoms with van der Waals surface area (Å²) in [7, 11) is 0. The van der Waals surface area contributed by atoms with Crippen LogP contribution in [0.25, 0.3) is 11.1 Å². The molecule has 1 heterocycles.